The molecule has 1 amide bonds. The van der Waals surface area contributed by atoms with Crippen LogP contribution in [0.5, 0.6) is 0 Å². The van der Waals surface area contributed by atoms with Crippen molar-refractivity contribution in [3.05, 3.63) is 51.8 Å². The van der Waals surface area contributed by atoms with E-state index in [0.29, 0.717) is 5.69 Å². The van der Waals surface area contributed by atoms with E-state index in [0.717, 1.165) is 18.3 Å². The second kappa shape index (κ2) is 7.01. The van der Waals surface area contributed by atoms with Crippen molar-refractivity contribution in [2.45, 2.75) is 20.0 Å². The summed E-state index contributed by atoms with van der Waals surface area (Å²) in [5.74, 6) is -0.289. The van der Waals surface area contributed by atoms with E-state index in [1.807, 2.05) is 39.2 Å². The van der Waals surface area contributed by atoms with Gasteiger partial charge in [0.15, 0.2) is 0 Å². The molecule has 23 heavy (non-hydrogen) atoms. The third-order valence-electron chi connectivity index (χ3n) is 3.25. The Morgan fingerprint density at radius 1 is 1.43 bits per heavy atom. The number of rotatable bonds is 6. The topological polar surface area (TPSA) is 93.3 Å². The molecule has 0 aliphatic carbocycles. The van der Waals surface area contributed by atoms with E-state index in [1.54, 1.807) is 0 Å². The first-order valence-corrected chi connectivity index (χ1v) is 7.06. The smallest absolute Gasteiger partial charge is 0.307 e. The normalized spacial score (nSPS) is 10.8. The van der Waals surface area contributed by atoms with Crippen molar-refractivity contribution < 1.29 is 9.72 Å². The Kier molecular flexibility index (Phi) is 5.07. The fourth-order valence-corrected chi connectivity index (χ4v) is 2.17. The summed E-state index contributed by atoms with van der Waals surface area (Å²) in [7, 11) is 4.00. The minimum Gasteiger partial charge on any atom is -0.324 e. The van der Waals surface area contributed by atoms with E-state index in [1.165, 1.54) is 16.4 Å². The number of nitrogens with zero attached hydrogens (tertiary/aromatic N) is 4. The van der Waals surface area contributed by atoms with Crippen LogP contribution in [0.1, 0.15) is 11.1 Å². The lowest BCUT2D eigenvalue weighted by Gasteiger charge is -2.13. The van der Waals surface area contributed by atoms with Gasteiger partial charge >= 0.3 is 5.69 Å². The number of aromatic nitrogens is 2. The number of hydrogen-bond donors (Lipinski definition) is 1. The van der Waals surface area contributed by atoms with E-state index in [9.17, 15) is 14.9 Å². The third-order valence-corrected chi connectivity index (χ3v) is 3.25. The Labute approximate surface area is 133 Å². The van der Waals surface area contributed by atoms with Crippen LogP contribution >= 0.6 is 0 Å². The molecule has 0 saturated heterocycles. The molecule has 2 rings (SSSR count). The average Bonchev–Trinajstić information content (AvgIpc) is 2.90. The summed E-state index contributed by atoms with van der Waals surface area (Å²) in [6, 6.07) is 5.72. The van der Waals surface area contributed by atoms with Gasteiger partial charge in [0.25, 0.3) is 0 Å². The van der Waals surface area contributed by atoms with Gasteiger partial charge in [0.05, 0.1) is 4.92 Å². The van der Waals surface area contributed by atoms with Gasteiger partial charge in [0.2, 0.25) is 5.91 Å². The van der Waals surface area contributed by atoms with E-state index in [2.05, 4.69) is 15.3 Å². The van der Waals surface area contributed by atoms with Gasteiger partial charge in [-0.3, -0.25) is 19.6 Å². The number of carbonyl (C=O) groups excluding carboxylic acids is 1. The summed E-state index contributed by atoms with van der Waals surface area (Å²) < 4.78 is 1.24. The summed E-state index contributed by atoms with van der Waals surface area (Å²) in [6.07, 6.45) is 2.35. The van der Waals surface area contributed by atoms with Crippen molar-refractivity contribution in [2.24, 2.45) is 0 Å². The van der Waals surface area contributed by atoms with E-state index in [4.69, 9.17) is 0 Å². The van der Waals surface area contributed by atoms with Crippen molar-refractivity contribution >= 4 is 17.3 Å². The molecule has 0 aliphatic heterocycles. The van der Waals surface area contributed by atoms with E-state index in [-0.39, 0.29) is 18.1 Å². The van der Waals surface area contributed by atoms with Crippen LogP contribution in [0.15, 0.2) is 30.6 Å². The Hall–Kier alpha value is -2.74. The first-order chi connectivity index (χ1) is 10.8. The molecule has 2 aromatic rings. The molecule has 8 nitrogen and oxygen atoms in total. The highest BCUT2D eigenvalue weighted by Gasteiger charge is 2.11. The predicted octanol–water partition coefficient (Wildman–Crippen LogP) is 1.80. The van der Waals surface area contributed by atoms with Crippen molar-refractivity contribution in [2.75, 3.05) is 19.4 Å². The lowest BCUT2D eigenvalue weighted by molar-refractivity contribution is -0.385. The van der Waals surface area contributed by atoms with Gasteiger partial charge in [0.1, 0.15) is 18.9 Å². The second-order valence-electron chi connectivity index (χ2n) is 5.58. The number of nitro groups is 1. The van der Waals surface area contributed by atoms with Crippen LogP contribution in [0, 0.1) is 17.0 Å². The average molecular weight is 317 g/mol. The van der Waals surface area contributed by atoms with Crippen molar-refractivity contribution in [3.63, 3.8) is 0 Å². The molecule has 0 fully saturated rings. The van der Waals surface area contributed by atoms with Crippen LogP contribution in [0.25, 0.3) is 0 Å². The third kappa shape index (κ3) is 4.62. The molecule has 0 spiro atoms. The van der Waals surface area contributed by atoms with Gasteiger partial charge in [-0.05, 0) is 44.3 Å². The van der Waals surface area contributed by atoms with Crippen molar-refractivity contribution in [3.8, 4) is 0 Å². The summed E-state index contributed by atoms with van der Waals surface area (Å²) in [5.41, 5.74) is 2.83. The van der Waals surface area contributed by atoms with Crippen LogP contribution in [0.2, 0.25) is 0 Å². The van der Waals surface area contributed by atoms with Gasteiger partial charge in [0, 0.05) is 12.2 Å². The van der Waals surface area contributed by atoms with Gasteiger partial charge in [-0.15, -0.1) is 0 Å². The first kappa shape index (κ1) is 16.6. The minimum absolute atomic E-state index is 0.0770. The zero-order chi connectivity index (χ0) is 17.0. The van der Waals surface area contributed by atoms with Crippen LogP contribution in [0.3, 0.4) is 0 Å². The summed E-state index contributed by atoms with van der Waals surface area (Å²) in [4.78, 5) is 24.1. The number of hydrogen-bond acceptors (Lipinski definition) is 5. The molecule has 0 saturated carbocycles. The Morgan fingerprint density at radius 2 is 2.17 bits per heavy atom. The standard InChI is InChI=1S/C15H19N5O3/c1-11-6-13(5-4-12(11)8-18(2)3)17-15(21)10-19-9-14(7-16-19)20(22)23/h4-7,9H,8,10H2,1-3H3,(H,17,21). The largest absolute Gasteiger partial charge is 0.324 e. The van der Waals surface area contributed by atoms with Crippen LogP contribution in [0.4, 0.5) is 11.4 Å². The number of anilines is 1. The molecule has 1 heterocycles. The molecular weight excluding hydrogens is 298 g/mol. The summed E-state index contributed by atoms with van der Waals surface area (Å²) in [5, 5.41) is 17.1. The predicted molar refractivity (Wildman–Crippen MR) is 86.1 cm³/mol. The molecule has 1 aromatic carbocycles. The molecule has 0 atom stereocenters. The Bertz CT molecular complexity index is 724. The second-order valence-corrected chi connectivity index (χ2v) is 5.58. The number of amides is 1. The summed E-state index contributed by atoms with van der Waals surface area (Å²) >= 11 is 0. The zero-order valence-electron chi connectivity index (χ0n) is 13.3. The summed E-state index contributed by atoms with van der Waals surface area (Å²) in [6.45, 7) is 2.74. The number of carbonyl (C=O) groups is 1. The molecule has 0 aliphatic rings. The van der Waals surface area contributed by atoms with Gasteiger partial charge < -0.3 is 10.2 Å². The van der Waals surface area contributed by atoms with Gasteiger partial charge in [-0.1, -0.05) is 6.07 Å². The molecule has 8 heteroatoms. The highest BCUT2D eigenvalue weighted by molar-refractivity contribution is 5.90. The fraction of sp³-hybridized carbons (Fsp3) is 0.333. The number of aryl methyl sites for hydroxylation is 1. The van der Waals surface area contributed by atoms with Crippen molar-refractivity contribution in [1.82, 2.24) is 14.7 Å². The number of benzene rings is 1. The quantitative estimate of drug-likeness (QED) is 0.647. The van der Waals surface area contributed by atoms with Gasteiger partial charge in [-0.25, -0.2) is 0 Å². The van der Waals surface area contributed by atoms with Crippen LogP contribution in [-0.2, 0) is 17.9 Å². The number of nitrogens with one attached hydrogen (secondary N) is 1. The Morgan fingerprint density at radius 3 is 2.74 bits per heavy atom. The van der Waals surface area contributed by atoms with E-state index < -0.39 is 4.92 Å². The van der Waals surface area contributed by atoms with Crippen LogP contribution < -0.4 is 5.32 Å². The molecule has 1 aromatic heterocycles. The molecule has 0 radical (unpaired) electrons. The lowest BCUT2D eigenvalue weighted by atomic mass is 10.1. The first-order valence-electron chi connectivity index (χ1n) is 7.06. The zero-order valence-corrected chi connectivity index (χ0v) is 13.3. The maximum atomic E-state index is 12.0. The van der Waals surface area contributed by atoms with Crippen molar-refractivity contribution in [1.29, 1.82) is 0 Å². The highest BCUT2D eigenvalue weighted by atomic mass is 16.6. The van der Waals surface area contributed by atoms with E-state index >= 15 is 0 Å². The fourth-order valence-electron chi connectivity index (χ4n) is 2.17. The lowest BCUT2D eigenvalue weighted by Crippen LogP contribution is -2.19. The Balaban J connectivity index is 1.99. The molecule has 1 N–H and O–H groups in total. The monoisotopic (exact) mass is 317 g/mol. The SMILES string of the molecule is Cc1cc(NC(=O)Cn2cc([N+](=O)[O-])cn2)ccc1CN(C)C. The molecular formula is C15H19N5O3. The minimum atomic E-state index is -0.547. The maximum absolute atomic E-state index is 12.0. The highest BCUT2D eigenvalue weighted by Crippen LogP contribution is 2.16. The van der Waals surface area contributed by atoms with Crippen LogP contribution in [-0.4, -0.2) is 39.6 Å². The molecule has 122 valence electrons. The molecule has 0 bridgehead atoms. The molecule has 0 unspecified atom stereocenters. The maximum Gasteiger partial charge on any atom is 0.307 e. The van der Waals surface area contributed by atoms with Gasteiger partial charge in [-0.2, -0.15) is 5.10 Å².